The maximum Gasteiger partial charge on any atom is 0.195 e. The van der Waals surface area contributed by atoms with Gasteiger partial charge in [0.2, 0.25) is 0 Å². The SMILES string of the molecule is CC1(C)C=C2c3cc4[nH]c5c(c4cc3CC2C(C)(C)O1)C[C@@H]1CC[C@@]2(O)C3=CC(=O)C4OC3(CC[C@]2(C)[C@@]51C)OC4(C)C. The van der Waals surface area contributed by atoms with Crippen molar-refractivity contribution in [2.24, 2.45) is 17.3 Å². The van der Waals surface area contributed by atoms with E-state index in [1.165, 1.54) is 38.9 Å². The van der Waals surface area contributed by atoms with Gasteiger partial charge in [-0.05, 0) is 126 Å². The van der Waals surface area contributed by atoms with E-state index in [0.29, 0.717) is 30.3 Å². The molecule has 3 unspecified atom stereocenters. The second-order valence-electron chi connectivity index (χ2n) is 16.9. The molecule has 0 amide bonds. The average Bonchev–Trinajstić information content (AvgIpc) is 3.58. The fraction of sp³-hybridized carbons (Fsp3) is 0.649. The van der Waals surface area contributed by atoms with E-state index >= 15 is 0 Å². The van der Waals surface area contributed by atoms with Crippen LogP contribution in [-0.2, 0) is 37.3 Å². The van der Waals surface area contributed by atoms with Crippen molar-refractivity contribution in [3.63, 3.8) is 0 Å². The van der Waals surface area contributed by atoms with Crippen LogP contribution in [0.1, 0.15) is 103 Å². The molecule has 6 heteroatoms. The van der Waals surface area contributed by atoms with E-state index < -0.39 is 28.5 Å². The third-order valence-corrected chi connectivity index (χ3v) is 13.5. The Morgan fingerprint density at radius 3 is 2.47 bits per heavy atom. The van der Waals surface area contributed by atoms with Gasteiger partial charge in [-0.1, -0.05) is 13.8 Å². The van der Waals surface area contributed by atoms with Gasteiger partial charge < -0.3 is 24.3 Å². The fourth-order valence-corrected chi connectivity index (χ4v) is 11.4. The van der Waals surface area contributed by atoms with E-state index in [1.54, 1.807) is 6.08 Å². The van der Waals surface area contributed by atoms with Crippen LogP contribution >= 0.6 is 0 Å². The first-order valence-corrected chi connectivity index (χ1v) is 16.4. The number of nitrogens with one attached hydrogen (secondary N) is 1. The van der Waals surface area contributed by atoms with Gasteiger partial charge in [0, 0.05) is 45.3 Å². The average molecular weight is 584 g/mol. The second-order valence-corrected chi connectivity index (χ2v) is 16.9. The van der Waals surface area contributed by atoms with Crippen LogP contribution in [0.2, 0.25) is 0 Å². The summed E-state index contributed by atoms with van der Waals surface area (Å²) in [5.74, 6) is -0.330. The predicted molar refractivity (Wildman–Crippen MR) is 165 cm³/mol. The van der Waals surface area contributed by atoms with Crippen molar-refractivity contribution in [1.29, 1.82) is 0 Å². The highest BCUT2D eigenvalue weighted by atomic mass is 16.8. The predicted octanol–water partition coefficient (Wildman–Crippen LogP) is 6.47. The van der Waals surface area contributed by atoms with E-state index in [2.05, 4.69) is 64.7 Å². The molecule has 4 aliphatic carbocycles. The van der Waals surface area contributed by atoms with Gasteiger partial charge in [0.1, 0.15) is 5.60 Å². The first kappa shape index (κ1) is 27.1. The normalized spacial score (nSPS) is 44.1. The summed E-state index contributed by atoms with van der Waals surface area (Å²) < 4.78 is 19.5. The minimum atomic E-state index is -1.20. The third kappa shape index (κ3) is 2.94. The molecule has 2 bridgehead atoms. The van der Waals surface area contributed by atoms with Crippen molar-refractivity contribution < 1.29 is 24.1 Å². The number of fused-ring (bicyclic) bond motifs is 12. The number of aromatic amines is 1. The van der Waals surface area contributed by atoms with Crippen LogP contribution in [-0.4, -0.2) is 50.2 Å². The zero-order valence-corrected chi connectivity index (χ0v) is 26.9. The summed E-state index contributed by atoms with van der Waals surface area (Å²) in [5, 5.41) is 14.2. The van der Waals surface area contributed by atoms with Crippen molar-refractivity contribution in [2.45, 2.75) is 134 Å². The topological polar surface area (TPSA) is 80.8 Å². The largest absolute Gasteiger partial charge is 0.385 e. The molecule has 1 spiro atoms. The Morgan fingerprint density at radius 2 is 1.70 bits per heavy atom. The van der Waals surface area contributed by atoms with E-state index in [-0.39, 0.29) is 22.4 Å². The van der Waals surface area contributed by atoms with Gasteiger partial charge in [-0.25, -0.2) is 0 Å². The molecular weight excluding hydrogens is 538 g/mol. The molecule has 228 valence electrons. The van der Waals surface area contributed by atoms with Gasteiger partial charge in [0.05, 0.1) is 16.8 Å². The number of benzene rings is 1. The number of aliphatic hydroxyl groups is 1. The Kier molecular flexibility index (Phi) is 4.67. The van der Waals surface area contributed by atoms with Gasteiger partial charge in [-0.15, -0.1) is 0 Å². The zero-order valence-electron chi connectivity index (χ0n) is 26.9. The van der Waals surface area contributed by atoms with Crippen molar-refractivity contribution in [3.05, 3.63) is 52.2 Å². The summed E-state index contributed by atoms with van der Waals surface area (Å²) in [6.07, 6.45) is 8.34. The molecule has 3 aliphatic heterocycles. The van der Waals surface area contributed by atoms with E-state index in [4.69, 9.17) is 14.2 Å². The molecule has 43 heavy (non-hydrogen) atoms. The summed E-state index contributed by atoms with van der Waals surface area (Å²) in [5.41, 5.74) is 5.50. The second kappa shape index (κ2) is 7.41. The van der Waals surface area contributed by atoms with Crippen molar-refractivity contribution in [2.75, 3.05) is 0 Å². The van der Waals surface area contributed by atoms with Crippen molar-refractivity contribution in [3.8, 4) is 0 Å². The van der Waals surface area contributed by atoms with Crippen LogP contribution in [0.15, 0.2) is 29.9 Å². The Hall–Kier alpha value is -2.25. The number of hydrogen-bond acceptors (Lipinski definition) is 5. The fourth-order valence-electron chi connectivity index (χ4n) is 11.4. The molecule has 4 heterocycles. The maximum atomic E-state index is 13.3. The van der Waals surface area contributed by atoms with Crippen molar-refractivity contribution in [1.82, 2.24) is 4.98 Å². The number of aromatic nitrogens is 1. The highest BCUT2D eigenvalue weighted by Gasteiger charge is 2.75. The highest BCUT2D eigenvalue weighted by Crippen LogP contribution is 2.72. The molecule has 1 aromatic carbocycles. The van der Waals surface area contributed by atoms with Crippen LogP contribution < -0.4 is 0 Å². The lowest BCUT2D eigenvalue weighted by molar-refractivity contribution is -0.247. The van der Waals surface area contributed by atoms with E-state index in [0.717, 1.165) is 25.7 Å². The number of rotatable bonds is 0. The van der Waals surface area contributed by atoms with Gasteiger partial charge in [0.15, 0.2) is 17.7 Å². The van der Waals surface area contributed by atoms with Crippen LogP contribution in [0.5, 0.6) is 0 Å². The molecular formula is C37H45NO5. The molecule has 7 aliphatic rings. The Morgan fingerprint density at radius 1 is 0.930 bits per heavy atom. The minimum Gasteiger partial charge on any atom is -0.385 e. The summed E-state index contributed by atoms with van der Waals surface area (Å²) in [4.78, 5) is 17.3. The lowest BCUT2D eigenvalue weighted by Gasteiger charge is -2.65. The number of ether oxygens (including phenoxy) is 3. The Bertz CT molecular complexity index is 1740. The lowest BCUT2D eigenvalue weighted by atomic mass is 9.42. The molecule has 6 nitrogen and oxygen atoms in total. The third-order valence-electron chi connectivity index (χ3n) is 13.5. The number of carbonyl (C=O) groups excluding carboxylic acids is 1. The van der Waals surface area contributed by atoms with E-state index in [1.807, 2.05) is 13.8 Å². The molecule has 2 aromatic rings. The summed E-state index contributed by atoms with van der Waals surface area (Å²) >= 11 is 0. The summed E-state index contributed by atoms with van der Waals surface area (Å²) in [7, 11) is 0. The van der Waals surface area contributed by atoms with Gasteiger partial charge in [-0.3, -0.25) is 4.79 Å². The molecule has 1 saturated heterocycles. The standard InChI is InChI=1S/C37H45NO5/c1-31(2)18-24-21-16-26-22(13-19(21)14-25(24)32(3,4)42-31)23-15-20-9-10-36(40)28-17-27(39)30-33(5,6)43-37(28,41-30)12-11-34(36,7)35(20,8)29(23)38-26/h13,16-18,20,25,30,38,40H,9-12,14-15H2,1-8H3/t20-,25?,30?,34+,35+,36+,37?/m0/s1. The summed E-state index contributed by atoms with van der Waals surface area (Å²) in [6, 6.07) is 4.85. The molecule has 0 radical (unpaired) electrons. The van der Waals surface area contributed by atoms with Crippen LogP contribution in [0, 0.1) is 17.3 Å². The highest BCUT2D eigenvalue weighted by molar-refractivity contribution is 5.97. The monoisotopic (exact) mass is 583 g/mol. The Labute approximate surface area is 254 Å². The van der Waals surface area contributed by atoms with Gasteiger partial charge in [0.25, 0.3) is 0 Å². The molecule has 2 N–H and O–H groups in total. The van der Waals surface area contributed by atoms with Crippen molar-refractivity contribution >= 4 is 22.3 Å². The first-order chi connectivity index (χ1) is 19.9. The molecule has 3 fully saturated rings. The summed E-state index contributed by atoms with van der Waals surface area (Å²) in [6.45, 7) is 17.3. The lowest BCUT2D eigenvalue weighted by Crippen LogP contribution is -2.69. The molecule has 2 saturated carbocycles. The minimum absolute atomic E-state index is 0.0857. The van der Waals surface area contributed by atoms with E-state index in [9.17, 15) is 9.90 Å². The number of hydrogen-bond donors (Lipinski definition) is 2. The zero-order chi connectivity index (χ0) is 30.3. The van der Waals surface area contributed by atoms with Crippen LogP contribution in [0.3, 0.4) is 0 Å². The number of carbonyl (C=O) groups is 1. The molecule has 7 atom stereocenters. The quantitative estimate of drug-likeness (QED) is 0.372. The molecule has 9 rings (SSSR count). The number of ketones is 1. The molecule has 1 aromatic heterocycles. The first-order valence-electron chi connectivity index (χ1n) is 16.4. The number of H-pyrrole nitrogens is 1. The Balaban J connectivity index is 1.18. The van der Waals surface area contributed by atoms with Crippen LogP contribution in [0.25, 0.3) is 16.5 Å². The smallest absolute Gasteiger partial charge is 0.195 e. The maximum absolute atomic E-state index is 13.3. The van der Waals surface area contributed by atoms with Crippen LogP contribution in [0.4, 0.5) is 0 Å². The van der Waals surface area contributed by atoms with Gasteiger partial charge >= 0.3 is 0 Å². The van der Waals surface area contributed by atoms with Gasteiger partial charge in [-0.2, -0.15) is 0 Å².